The van der Waals surface area contributed by atoms with Gasteiger partial charge in [0, 0.05) is 0 Å². The Hall–Kier alpha value is -2.17. The third-order valence-corrected chi connectivity index (χ3v) is 2.36. The zero-order valence-corrected chi connectivity index (χ0v) is 9.05. The van der Waals surface area contributed by atoms with Gasteiger partial charge in [-0.25, -0.2) is 4.68 Å². The minimum Gasteiger partial charge on any atom is -0.478 e. The molecule has 5 nitrogen and oxygen atoms in total. The SMILES string of the molecule is COc1nn(Cc2ccccc2)c(N)c1N. The van der Waals surface area contributed by atoms with Crippen LogP contribution < -0.4 is 16.2 Å². The fourth-order valence-electron chi connectivity index (χ4n) is 1.49. The van der Waals surface area contributed by atoms with Gasteiger partial charge in [-0.3, -0.25) is 0 Å². The van der Waals surface area contributed by atoms with Crippen molar-refractivity contribution in [1.29, 1.82) is 0 Å². The highest BCUT2D eigenvalue weighted by atomic mass is 16.5. The molecule has 84 valence electrons. The molecule has 0 radical (unpaired) electrons. The molecule has 2 aromatic rings. The molecule has 1 aromatic carbocycles. The second-order valence-electron chi connectivity index (χ2n) is 3.45. The number of methoxy groups -OCH3 is 1. The molecule has 0 aliphatic carbocycles. The summed E-state index contributed by atoms with van der Waals surface area (Å²) < 4.78 is 6.64. The number of nitrogen functional groups attached to an aromatic ring is 2. The van der Waals surface area contributed by atoms with Gasteiger partial charge < -0.3 is 16.2 Å². The van der Waals surface area contributed by atoms with Crippen molar-refractivity contribution in [2.45, 2.75) is 6.54 Å². The molecule has 1 aromatic heterocycles. The summed E-state index contributed by atoms with van der Waals surface area (Å²) in [6, 6.07) is 9.91. The van der Waals surface area contributed by atoms with Gasteiger partial charge in [-0.15, -0.1) is 5.10 Å². The van der Waals surface area contributed by atoms with E-state index in [1.54, 1.807) is 4.68 Å². The van der Waals surface area contributed by atoms with Crippen LogP contribution in [0, 0.1) is 0 Å². The molecule has 4 N–H and O–H groups in total. The van der Waals surface area contributed by atoms with Crippen LogP contribution in [0.5, 0.6) is 5.88 Å². The van der Waals surface area contributed by atoms with Crippen LogP contribution in [-0.2, 0) is 6.54 Å². The lowest BCUT2D eigenvalue weighted by Gasteiger charge is -2.03. The molecule has 5 heteroatoms. The summed E-state index contributed by atoms with van der Waals surface area (Å²) in [5.74, 6) is 0.800. The molecule has 16 heavy (non-hydrogen) atoms. The molecule has 0 saturated carbocycles. The van der Waals surface area contributed by atoms with Crippen molar-refractivity contribution in [3.8, 4) is 5.88 Å². The molecule has 0 unspecified atom stereocenters. The molecule has 0 fully saturated rings. The minimum absolute atomic E-state index is 0.369. The molecule has 0 saturated heterocycles. The van der Waals surface area contributed by atoms with Crippen LogP contribution in [0.25, 0.3) is 0 Å². The molecule has 0 aliphatic rings. The smallest absolute Gasteiger partial charge is 0.258 e. The Morgan fingerprint density at radius 1 is 1.25 bits per heavy atom. The van der Waals surface area contributed by atoms with Crippen molar-refractivity contribution in [2.24, 2.45) is 0 Å². The third-order valence-electron chi connectivity index (χ3n) is 2.36. The maximum absolute atomic E-state index is 5.82. The van der Waals surface area contributed by atoms with E-state index < -0.39 is 0 Å². The summed E-state index contributed by atoms with van der Waals surface area (Å²) in [5.41, 5.74) is 13.1. The number of ether oxygens (including phenoxy) is 1. The van der Waals surface area contributed by atoms with Gasteiger partial charge in [-0.05, 0) is 5.56 Å². The van der Waals surface area contributed by atoms with E-state index in [9.17, 15) is 0 Å². The molecule has 2 rings (SSSR count). The van der Waals surface area contributed by atoms with Gasteiger partial charge in [-0.1, -0.05) is 30.3 Å². The van der Waals surface area contributed by atoms with Crippen LogP contribution >= 0.6 is 0 Å². The number of anilines is 2. The zero-order chi connectivity index (χ0) is 11.5. The van der Waals surface area contributed by atoms with E-state index >= 15 is 0 Å². The first-order valence-corrected chi connectivity index (χ1v) is 4.92. The lowest BCUT2D eigenvalue weighted by atomic mass is 10.2. The number of nitrogens with zero attached hydrogens (tertiary/aromatic N) is 2. The summed E-state index contributed by atoms with van der Waals surface area (Å²) in [6.07, 6.45) is 0. The highest BCUT2D eigenvalue weighted by Crippen LogP contribution is 2.26. The quantitative estimate of drug-likeness (QED) is 0.808. The summed E-state index contributed by atoms with van der Waals surface area (Å²) >= 11 is 0. The number of rotatable bonds is 3. The summed E-state index contributed by atoms with van der Waals surface area (Å²) in [6.45, 7) is 0.584. The maximum Gasteiger partial charge on any atom is 0.258 e. The van der Waals surface area contributed by atoms with Crippen LogP contribution in [0.1, 0.15) is 5.56 Å². The molecular formula is C11H14N4O. The molecule has 0 atom stereocenters. The van der Waals surface area contributed by atoms with Crippen LogP contribution in [0.3, 0.4) is 0 Å². The van der Waals surface area contributed by atoms with E-state index in [2.05, 4.69) is 5.10 Å². The number of nitrogens with two attached hydrogens (primary N) is 2. The fourth-order valence-corrected chi connectivity index (χ4v) is 1.49. The highest BCUT2D eigenvalue weighted by Gasteiger charge is 2.12. The number of hydrogen-bond donors (Lipinski definition) is 2. The largest absolute Gasteiger partial charge is 0.478 e. The van der Waals surface area contributed by atoms with Crippen molar-refractivity contribution in [3.63, 3.8) is 0 Å². The maximum atomic E-state index is 5.82. The lowest BCUT2D eigenvalue weighted by molar-refractivity contribution is 0.392. The molecule has 1 heterocycles. The van der Waals surface area contributed by atoms with E-state index in [0.29, 0.717) is 23.9 Å². The van der Waals surface area contributed by atoms with Crippen LogP contribution in [0.15, 0.2) is 30.3 Å². The fraction of sp³-hybridized carbons (Fsp3) is 0.182. The summed E-state index contributed by atoms with van der Waals surface area (Å²) in [4.78, 5) is 0. The second kappa shape index (κ2) is 4.14. The Kier molecular flexibility index (Phi) is 2.68. The van der Waals surface area contributed by atoms with Gasteiger partial charge in [0.15, 0.2) is 0 Å². The van der Waals surface area contributed by atoms with E-state index in [0.717, 1.165) is 5.56 Å². The van der Waals surface area contributed by atoms with E-state index in [1.165, 1.54) is 7.11 Å². The number of hydrogen-bond acceptors (Lipinski definition) is 4. The van der Waals surface area contributed by atoms with Gasteiger partial charge in [0.2, 0.25) is 0 Å². The van der Waals surface area contributed by atoms with Gasteiger partial charge in [0.1, 0.15) is 11.5 Å². The predicted octanol–water partition coefficient (Wildman–Crippen LogP) is 1.10. The van der Waals surface area contributed by atoms with Crippen molar-refractivity contribution >= 4 is 11.5 Å². The molecular weight excluding hydrogens is 204 g/mol. The average Bonchev–Trinajstić information content (AvgIpc) is 2.58. The highest BCUT2D eigenvalue weighted by molar-refractivity contribution is 5.65. The van der Waals surface area contributed by atoms with Crippen molar-refractivity contribution in [2.75, 3.05) is 18.6 Å². The first kappa shape index (κ1) is 10.4. The monoisotopic (exact) mass is 218 g/mol. The topological polar surface area (TPSA) is 79.1 Å². The van der Waals surface area contributed by atoms with Gasteiger partial charge in [0.25, 0.3) is 5.88 Å². The molecule has 0 aliphatic heterocycles. The second-order valence-corrected chi connectivity index (χ2v) is 3.45. The third kappa shape index (κ3) is 1.79. The van der Waals surface area contributed by atoms with E-state index in [4.69, 9.17) is 16.2 Å². The van der Waals surface area contributed by atoms with Crippen LogP contribution in [0.2, 0.25) is 0 Å². The Labute approximate surface area is 93.6 Å². The lowest BCUT2D eigenvalue weighted by Crippen LogP contribution is -2.06. The Morgan fingerprint density at radius 2 is 1.94 bits per heavy atom. The van der Waals surface area contributed by atoms with Gasteiger partial charge in [-0.2, -0.15) is 0 Å². The molecule has 0 amide bonds. The van der Waals surface area contributed by atoms with Crippen LogP contribution in [0.4, 0.5) is 11.5 Å². The number of benzene rings is 1. The van der Waals surface area contributed by atoms with Crippen molar-refractivity contribution in [3.05, 3.63) is 35.9 Å². The van der Waals surface area contributed by atoms with E-state index in [-0.39, 0.29) is 0 Å². The first-order valence-electron chi connectivity index (χ1n) is 4.92. The predicted molar refractivity (Wildman–Crippen MR) is 63.1 cm³/mol. The standard InChI is InChI=1S/C11H14N4O/c1-16-11-9(12)10(13)15(14-11)7-8-5-3-2-4-6-8/h2-6H,7,12-13H2,1H3. The van der Waals surface area contributed by atoms with Crippen molar-refractivity contribution < 1.29 is 4.74 Å². The summed E-state index contributed by atoms with van der Waals surface area (Å²) in [5, 5.41) is 4.17. The molecule has 0 bridgehead atoms. The zero-order valence-electron chi connectivity index (χ0n) is 9.05. The number of aromatic nitrogens is 2. The Bertz CT molecular complexity index is 478. The normalized spacial score (nSPS) is 10.3. The minimum atomic E-state index is 0.369. The first-order chi connectivity index (χ1) is 7.72. The van der Waals surface area contributed by atoms with Gasteiger partial charge in [0.05, 0.1) is 13.7 Å². The Balaban J connectivity index is 2.29. The Morgan fingerprint density at radius 3 is 2.50 bits per heavy atom. The van der Waals surface area contributed by atoms with Crippen molar-refractivity contribution in [1.82, 2.24) is 9.78 Å². The summed E-state index contributed by atoms with van der Waals surface area (Å²) in [7, 11) is 1.52. The average molecular weight is 218 g/mol. The van der Waals surface area contributed by atoms with Gasteiger partial charge >= 0.3 is 0 Å². The van der Waals surface area contributed by atoms with E-state index in [1.807, 2.05) is 30.3 Å². The molecule has 0 spiro atoms. The van der Waals surface area contributed by atoms with Crippen LogP contribution in [-0.4, -0.2) is 16.9 Å².